The van der Waals surface area contributed by atoms with Crippen molar-refractivity contribution in [3.05, 3.63) is 0 Å². The highest BCUT2D eigenvalue weighted by Gasteiger charge is 2.26. The summed E-state index contributed by atoms with van der Waals surface area (Å²) in [6.45, 7) is -1.19. The van der Waals surface area contributed by atoms with Crippen LogP contribution in [0.5, 0.6) is 0 Å². The van der Waals surface area contributed by atoms with Gasteiger partial charge in [-0.2, -0.15) is 0 Å². The predicted octanol–water partition coefficient (Wildman–Crippen LogP) is -3.38. The molecule has 1 amide bonds. The van der Waals surface area contributed by atoms with Crippen molar-refractivity contribution in [2.45, 2.75) is 24.6 Å². The SMILES string of the molecule is NC(=O)[C@H](CC(=O)O)NC(CO)C(O)CO. The number of carbonyl (C=O) groups excluding carboxylic acids is 1. The Labute approximate surface area is 91.7 Å². The fraction of sp³-hybridized carbons (Fsp3) is 0.750. The molecule has 0 aromatic rings. The minimum absolute atomic E-state index is 0.564. The third-order valence-electron chi connectivity index (χ3n) is 1.99. The quantitative estimate of drug-likeness (QED) is 0.257. The minimum Gasteiger partial charge on any atom is -0.481 e. The monoisotopic (exact) mass is 236 g/mol. The van der Waals surface area contributed by atoms with Gasteiger partial charge in [0, 0.05) is 0 Å². The number of hydrogen-bond acceptors (Lipinski definition) is 6. The van der Waals surface area contributed by atoms with Gasteiger partial charge in [0.25, 0.3) is 0 Å². The largest absolute Gasteiger partial charge is 0.481 e. The zero-order valence-corrected chi connectivity index (χ0v) is 8.54. The van der Waals surface area contributed by atoms with Gasteiger partial charge in [-0.25, -0.2) is 0 Å². The Balaban J connectivity index is 4.46. The minimum atomic E-state index is -1.30. The lowest BCUT2D eigenvalue weighted by Crippen LogP contribution is -2.54. The maximum atomic E-state index is 10.9. The standard InChI is InChI=1S/C8H16N2O6/c9-8(16)4(1-7(14)15)10-5(2-11)6(13)3-12/h4-6,10-13H,1-3H2,(H2,9,16)(H,14,15)/t4-,5?,6?/m0/s1. The lowest BCUT2D eigenvalue weighted by atomic mass is 10.1. The highest BCUT2D eigenvalue weighted by atomic mass is 16.4. The zero-order chi connectivity index (χ0) is 12.7. The van der Waals surface area contributed by atoms with Crippen molar-refractivity contribution in [3.63, 3.8) is 0 Å². The number of nitrogens with two attached hydrogens (primary N) is 1. The van der Waals surface area contributed by atoms with Crippen molar-refractivity contribution in [2.24, 2.45) is 5.73 Å². The number of rotatable bonds is 8. The number of hydrogen-bond donors (Lipinski definition) is 6. The molecule has 7 N–H and O–H groups in total. The molecular formula is C8H16N2O6. The van der Waals surface area contributed by atoms with Crippen LogP contribution in [0.25, 0.3) is 0 Å². The van der Waals surface area contributed by atoms with E-state index in [9.17, 15) is 14.7 Å². The zero-order valence-electron chi connectivity index (χ0n) is 8.54. The molecule has 0 radical (unpaired) electrons. The van der Waals surface area contributed by atoms with E-state index < -0.39 is 49.7 Å². The summed E-state index contributed by atoms with van der Waals surface area (Å²) in [6, 6.07) is -2.22. The van der Waals surface area contributed by atoms with Crippen LogP contribution in [0.1, 0.15) is 6.42 Å². The van der Waals surface area contributed by atoms with Crippen LogP contribution < -0.4 is 11.1 Å². The Morgan fingerprint density at radius 2 is 1.81 bits per heavy atom. The van der Waals surface area contributed by atoms with Gasteiger partial charge in [-0.3, -0.25) is 14.9 Å². The molecule has 8 heteroatoms. The Hall–Kier alpha value is -1.22. The molecule has 0 bridgehead atoms. The lowest BCUT2D eigenvalue weighted by molar-refractivity contribution is -0.139. The summed E-state index contributed by atoms with van der Waals surface area (Å²) < 4.78 is 0. The van der Waals surface area contributed by atoms with E-state index in [2.05, 4.69) is 5.32 Å². The van der Waals surface area contributed by atoms with E-state index in [1.165, 1.54) is 0 Å². The van der Waals surface area contributed by atoms with Crippen LogP contribution in [0, 0.1) is 0 Å². The average Bonchev–Trinajstić information content (AvgIpc) is 2.22. The van der Waals surface area contributed by atoms with Gasteiger partial charge in [-0.15, -0.1) is 0 Å². The van der Waals surface area contributed by atoms with E-state index >= 15 is 0 Å². The van der Waals surface area contributed by atoms with E-state index in [0.717, 1.165) is 0 Å². The molecule has 0 aliphatic heterocycles. The second-order valence-corrected chi connectivity index (χ2v) is 3.26. The maximum Gasteiger partial charge on any atom is 0.305 e. The van der Waals surface area contributed by atoms with Crippen LogP contribution in [0.2, 0.25) is 0 Å². The summed E-state index contributed by atoms with van der Waals surface area (Å²) in [5.74, 6) is -2.16. The number of carboxylic acid groups (broad SMARTS) is 1. The fourth-order valence-electron chi connectivity index (χ4n) is 1.09. The van der Waals surface area contributed by atoms with Gasteiger partial charge >= 0.3 is 5.97 Å². The summed E-state index contributed by atoms with van der Waals surface area (Å²) in [4.78, 5) is 21.3. The number of carboxylic acids is 1. The first kappa shape index (κ1) is 14.8. The molecule has 2 unspecified atom stereocenters. The van der Waals surface area contributed by atoms with Crippen molar-refractivity contribution >= 4 is 11.9 Å². The van der Waals surface area contributed by atoms with Crippen molar-refractivity contribution in [1.29, 1.82) is 0 Å². The van der Waals surface area contributed by atoms with Crippen LogP contribution in [-0.4, -0.2) is 63.7 Å². The molecule has 0 saturated heterocycles. The molecule has 0 aromatic carbocycles. The van der Waals surface area contributed by atoms with Crippen LogP contribution in [0.4, 0.5) is 0 Å². The van der Waals surface area contributed by atoms with Gasteiger partial charge in [0.1, 0.15) is 0 Å². The lowest BCUT2D eigenvalue weighted by Gasteiger charge is -2.24. The third kappa shape index (κ3) is 5.03. The highest BCUT2D eigenvalue weighted by Crippen LogP contribution is 1.98. The van der Waals surface area contributed by atoms with Crippen LogP contribution in [0.15, 0.2) is 0 Å². The Kier molecular flexibility index (Phi) is 6.58. The predicted molar refractivity (Wildman–Crippen MR) is 52.3 cm³/mol. The molecule has 0 fully saturated rings. The smallest absolute Gasteiger partial charge is 0.305 e. The van der Waals surface area contributed by atoms with E-state index in [1.54, 1.807) is 0 Å². The number of aliphatic carboxylic acids is 1. The van der Waals surface area contributed by atoms with Crippen LogP contribution in [0.3, 0.4) is 0 Å². The van der Waals surface area contributed by atoms with Gasteiger partial charge in [0.2, 0.25) is 5.91 Å². The summed E-state index contributed by atoms with van der Waals surface area (Å²) in [7, 11) is 0. The summed E-state index contributed by atoms with van der Waals surface area (Å²) in [6.07, 6.45) is -1.87. The molecule has 0 saturated carbocycles. The molecule has 0 aliphatic rings. The second-order valence-electron chi connectivity index (χ2n) is 3.26. The maximum absolute atomic E-state index is 10.9. The summed E-state index contributed by atoms with van der Waals surface area (Å²) in [5, 5.41) is 37.6. The summed E-state index contributed by atoms with van der Waals surface area (Å²) in [5.41, 5.74) is 4.94. The fourth-order valence-corrected chi connectivity index (χ4v) is 1.09. The van der Waals surface area contributed by atoms with Gasteiger partial charge in [-0.1, -0.05) is 0 Å². The topological polar surface area (TPSA) is 153 Å². The van der Waals surface area contributed by atoms with Crippen molar-refractivity contribution < 1.29 is 30.0 Å². The number of primary amides is 1. The van der Waals surface area contributed by atoms with Gasteiger partial charge in [-0.05, 0) is 0 Å². The van der Waals surface area contributed by atoms with Crippen LogP contribution in [-0.2, 0) is 9.59 Å². The van der Waals surface area contributed by atoms with E-state index in [4.69, 9.17) is 21.1 Å². The van der Waals surface area contributed by atoms with E-state index in [0.29, 0.717) is 0 Å². The third-order valence-corrected chi connectivity index (χ3v) is 1.99. The van der Waals surface area contributed by atoms with Crippen molar-refractivity contribution in [3.8, 4) is 0 Å². The molecule has 3 atom stereocenters. The molecule has 8 nitrogen and oxygen atoms in total. The number of aliphatic hydroxyl groups is 3. The molecular weight excluding hydrogens is 220 g/mol. The molecule has 94 valence electrons. The van der Waals surface area contributed by atoms with Crippen molar-refractivity contribution in [1.82, 2.24) is 5.32 Å². The summed E-state index contributed by atoms with van der Waals surface area (Å²) >= 11 is 0. The van der Waals surface area contributed by atoms with Gasteiger partial charge in [0.05, 0.1) is 37.8 Å². The van der Waals surface area contributed by atoms with Gasteiger partial charge in [0.15, 0.2) is 0 Å². The molecule has 0 heterocycles. The second kappa shape index (κ2) is 7.12. The van der Waals surface area contributed by atoms with E-state index in [-0.39, 0.29) is 0 Å². The molecule has 0 spiro atoms. The number of aliphatic hydroxyl groups excluding tert-OH is 3. The van der Waals surface area contributed by atoms with Crippen LogP contribution >= 0.6 is 0 Å². The highest BCUT2D eigenvalue weighted by molar-refractivity contribution is 5.84. The van der Waals surface area contributed by atoms with Crippen molar-refractivity contribution in [2.75, 3.05) is 13.2 Å². The number of nitrogens with one attached hydrogen (secondary N) is 1. The number of carbonyl (C=O) groups is 2. The Morgan fingerprint density at radius 1 is 1.25 bits per heavy atom. The van der Waals surface area contributed by atoms with Gasteiger partial charge < -0.3 is 26.2 Å². The number of amides is 1. The average molecular weight is 236 g/mol. The Bertz CT molecular complexity index is 247. The molecule has 16 heavy (non-hydrogen) atoms. The first-order chi connectivity index (χ1) is 7.42. The first-order valence-corrected chi connectivity index (χ1v) is 4.59. The molecule has 0 aromatic heterocycles. The molecule has 0 aliphatic carbocycles. The normalized spacial score (nSPS) is 16.4. The first-order valence-electron chi connectivity index (χ1n) is 4.59. The Morgan fingerprint density at radius 3 is 2.12 bits per heavy atom. The van der Waals surface area contributed by atoms with E-state index in [1.807, 2.05) is 0 Å². The molecule has 0 rings (SSSR count).